The Hall–Kier alpha value is -2.76. The molecule has 6 heteroatoms. The summed E-state index contributed by atoms with van der Waals surface area (Å²) in [5.41, 5.74) is 1.50. The van der Waals surface area contributed by atoms with Gasteiger partial charge in [-0.3, -0.25) is 0 Å². The van der Waals surface area contributed by atoms with Crippen molar-refractivity contribution in [2.45, 2.75) is 6.92 Å². The van der Waals surface area contributed by atoms with Crippen LogP contribution in [0.1, 0.15) is 6.92 Å². The third-order valence-electron chi connectivity index (χ3n) is 3.04. The van der Waals surface area contributed by atoms with E-state index in [4.69, 9.17) is 14.2 Å². The predicted molar refractivity (Wildman–Crippen MR) is 85.9 cm³/mol. The number of hydrogen-bond acceptors (Lipinski definition) is 6. The van der Waals surface area contributed by atoms with Gasteiger partial charge in [-0.15, -0.1) is 4.91 Å². The van der Waals surface area contributed by atoms with Gasteiger partial charge in [0.05, 0.1) is 26.5 Å². The van der Waals surface area contributed by atoms with Gasteiger partial charge in [-0.1, -0.05) is 0 Å². The molecular formula is C16H18N2O4. The summed E-state index contributed by atoms with van der Waals surface area (Å²) in [4.78, 5) is 11.1. The van der Waals surface area contributed by atoms with Crippen LogP contribution >= 0.6 is 0 Å². The van der Waals surface area contributed by atoms with Gasteiger partial charge < -0.3 is 19.5 Å². The van der Waals surface area contributed by atoms with Gasteiger partial charge in [0.15, 0.2) is 11.4 Å². The minimum atomic E-state index is 0.192. The summed E-state index contributed by atoms with van der Waals surface area (Å²) in [5, 5.41) is 6.18. The second kappa shape index (κ2) is 7.31. The molecule has 2 rings (SSSR count). The Balaban J connectivity index is 2.32. The van der Waals surface area contributed by atoms with Crippen LogP contribution in [0.2, 0.25) is 0 Å². The average molecular weight is 302 g/mol. The number of ether oxygens (including phenoxy) is 3. The molecule has 0 bridgehead atoms. The van der Waals surface area contributed by atoms with Crippen LogP contribution in [0.5, 0.6) is 17.2 Å². The van der Waals surface area contributed by atoms with Crippen LogP contribution in [-0.2, 0) is 0 Å². The van der Waals surface area contributed by atoms with Crippen molar-refractivity contribution >= 4 is 17.1 Å². The third-order valence-corrected chi connectivity index (χ3v) is 3.04. The molecule has 22 heavy (non-hydrogen) atoms. The number of anilines is 2. The summed E-state index contributed by atoms with van der Waals surface area (Å²) in [6, 6.07) is 10.7. The molecule has 116 valence electrons. The lowest BCUT2D eigenvalue weighted by Gasteiger charge is -2.13. The first-order chi connectivity index (χ1) is 10.7. The Labute approximate surface area is 129 Å². The topological polar surface area (TPSA) is 69.2 Å². The van der Waals surface area contributed by atoms with E-state index in [0.717, 1.165) is 11.4 Å². The Bertz CT molecular complexity index is 641. The van der Waals surface area contributed by atoms with E-state index in [-0.39, 0.29) is 5.69 Å². The fourth-order valence-corrected chi connectivity index (χ4v) is 2.00. The number of hydrogen-bond donors (Lipinski definition) is 1. The monoisotopic (exact) mass is 302 g/mol. The number of nitrogens with one attached hydrogen (secondary N) is 1. The van der Waals surface area contributed by atoms with Crippen LogP contribution in [0.25, 0.3) is 0 Å². The summed E-state index contributed by atoms with van der Waals surface area (Å²) in [6.45, 7) is 2.54. The van der Waals surface area contributed by atoms with E-state index >= 15 is 0 Å². The number of nitroso groups, excluding NO2 is 1. The van der Waals surface area contributed by atoms with Gasteiger partial charge in [0.1, 0.15) is 11.5 Å². The molecular weight excluding hydrogens is 284 g/mol. The van der Waals surface area contributed by atoms with Crippen LogP contribution in [0, 0.1) is 4.91 Å². The van der Waals surface area contributed by atoms with E-state index in [9.17, 15) is 4.91 Å². The van der Waals surface area contributed by atoms with Crippen molar-refractivity contribution in [3.8, 4) is 17.2 Å². The number of methoxy groups -OCH3 is 2. The van der Waals surface area contributed by atoms with E-state index in [0.29, 0.717) is 23.8 Å². The van der Waals surface area contributed by atoms with E-state index in [1.165, 1.54) is 7.11 Å². The Morgan fingerprint density at radius 3 is 2.32 bits per heavy atom. The standard InChI is InChI=1S/C16H18N2O4/c1-4-22-12-7-5-11(6-8-12)17-14-9-13(20-2)10-15(21-3)16(14)18-19/h5-10,17H,4H2,1-3H3. The smallest absolute Gasteiger partial charge is 0.173 e. The summed E-state index contributed by atoms with van der Waals surface area (Å²) >= 11 is 0. The second-order valence-corrected chi connectivity index (χ2v) is 4.40. The van der Waals surface area contributed by atoms with Crippen LogP contribution in [0.15, 0.2) is 41.6 Å². The molecule has 1 N–H and O–H groups in total. The Morgan fingerprint density at radius 1 is 1.05 bits per heavy atom. The number of rotatable bonds is 7. The van der Waals surface area contributed by atoms with Crippen LogP contribution in [0.4, 0.5) is 17.1 Å². The SMILES string of the molecule is CCOc1ccc(Nc2cc(OC)cc(OC)c2N=O)cc1. The van der Waals surface area contributed by atoms with Crippen molar-refractivity contribution in [2.75, 3.05) is 26.1 Å². The minimum Gasteiger partial charge on any atom is -0.497 e. The normalized spacial score (nSPS) is 9.95. The van der Waals surface area contributed by atoms with Crippen LogP contribution < -0.4 is 19.5 Å². The van der Waals surface area contributed by atoms with E-state index in [2.05, 4.69) is 10.5 Å². The first kappa shape index (κ1) is 15.6. The van der Waals surface area contributed by atoms with Gasteiger partial charge in [-0.05, 0) is 36.4 Å². The summed E-state index contributed by atoms with van der Waals surface area (Å²) in [5.74, 6) is 1.70. The minimum absolute atomic E-state index is 0.192. The van der Waals surface area contributed by atoms with Crippen molar-refractivity contribution in [3.05, 3.63) is 41.3 Å². The molecule has 0 saturated carbocycles. The molecule has 0 spiro atoms. The molecule has 0 radical (unpaired) electrons. The molecule has 2 aromatic rings. The maximum Gasteiger partial charge on any atom is 0.173 e. The Morgan fingerprint density at radius 2 is 1.77 bits per heavy atom. The second-order valence-electron chi connectivity index (χ2n) is 4.40. The molecule has 0 aliphatic heterocycles. The molecule has 2 aromatic carbocycles. The highest BCUT2D eigenvalue weighted by Crippen LogP contribution is 2.40. The highest BCUT2D eigenvalue weighted by atomic mass is 16.5. The number of nitrogens with zero attached hydrogens (tertiary/aromatic N) is 1. The largest absolute Gasteiger partial charge is 0.497 e. The predicted octanol–water partition coefficient (Wildman–Crippen LogP) is 4.24. The van der Waals surface area contributed by atoms with Crippen molar-refractivity contribution in [3.63, 3.8) is 0 Å². The summed E-state index contributed by atoms with van der Waals surface area (Å²) in [7, 11) is 3.02. The zero-order valence-corrected chi connectivity index (χ0v) is 12.8. The zero-order chi connectivity index (χ0) is 15.9. The first-order valence-electron chi connectivity index (χ1n) is 6.81. The molecule has 0 unspecified atom stereocenters. The van der Waals surface area contributed by atoms with E-state index in [1.807, 2.05) is 31.2 Å². The lowest BCUT2D eigenvalue weighted by Crippen LogP contribution is -1.96. The van der Waals surface area contributed by atoms with Gasteiger partial charge in [0, 0.05) is 17.8 Å². The fourth-order valence-electron chi connectivity index (χ4n) is 2.00. The zero-order valence-electron chi connectivity index (χ0n) is 12.8. The molecule has 0 aliphatic rings. The molecule has 0 saturated heterocycles. The molecule has 0 aliphatic carbocycles. The average Bonchev–Trinajstić information content (AvgIpc) is 2.56. The molecule has 0 aromatic heterocycles. The van der Waals surface area contributed by atoms with Crippen molar-refractivity contribution in [1.29, 1.82) is 0 Å². The molecule has 0 atom stereocenters. The van der Waals surface area contributed by atoms with Crippen molar-refractivity contribution in [2.24, 2.45) is 5.18 Å². The quantitative estimate of drug-likeness (QED) is 0.774. The van der Waals surface area contributed by atoms with Crippen molar-refractivity contribution in [1.82, 2.24) is 0 Å². The first-order valence-corrected chi connectivity index (χ1v) is 6.81. The third kappa shape index (κ3) is 3.46. The van der Waals surface area contributed by atoms with Crippen LogP contribution in [0.3, 0.4) is 0 Å². The van der Waals surface area contributed by atoms with Gasteiger partial charge >= 0.3 is 0 Å². The molecule has 0 fully saturated rings. The molecule has 0 amide bonds. The highest BCUT2D eigenvalue weighted by molar-refractivity contribution is 5.78. The van der Waals surface area contributed by atoms with Gasteiger partial charge in [-0.25, -0.2) is 0 Å². The molecule has 6 nitrogen and oxygen atoms in total. The molecule has 0 heterocycles. The van der Waals surface area contributed by atoms with Crippen LogP contribution in [-0.4, -0.2) is 20.8 Å². The summed E-state index contributed by atoms with van der Waals surface area (Å²) in [6.07, 6.45) is 0. The lowest BCUT2D eigenvalue weighted by molar-refractivity contribution is 0.340. The van der Waals surface area contributed by atoms with E-state index in [1.54, 1.807) is 19.2 Å². The lowest BCUT2D eigenvalue weighted by atomic mass is 10.2. The van der Waals surface area contributed by atoms with E-state index < -0.39 is 0 Å². The van der Waals surface area contributed by atoms with Crippen molar-refractivity contribution < 1.29 is 14.2 Å². The van der Waals surface area contributed by atoms with Gasteiger partial charge in [-0.2, -0.15) is 0 Å². The fraction of sp³-hybridized carbons (Fsp3) is 0.250. The van der Waals surface area contributed by atoms with Gasteiger partial charge in [0.2, 0.25) is 0 Å². The number of benzene rings is 2. The Kier molecular flexibility index (Phi) is 5.19. The maximum atomic E-state index is 11.1. The summed E-state index contributed by atoms with van der Waals surface area (Å²) < 4.78 is 15.8. The maximum absolute atomic E-state index is 11.1. The highest BCUT2D eigenvalue weighted by Gasteiger charge is 2.13. The van der Waals surface area contributed by atoms with Gasteiger partial charge in [0.25, 0.3) is 0 Å².